The van der Waals surface area contributed by atoms with Crippen LogP contribution in [0.2, 0.25) is 5.02 Å². The highest BCUT2D eigenvalue weighted by atomic mass is 79.9. The zero-order valence-electron chi connectivity index (χ0n) is 10.8. The molecule has 1 fully saturated rings. The number of benzene rings is 1. The number of nitrogens with zero attached hydrogens (tertiary/aromatic N) is 1. The van der Waals surface area contributed by atoms with Gasteiger partial charge in [-0.2, -0.15) is 4.31 Å². The van der Waals surface area contributed by atoms with Gasteiger partial charge in [0, 0.05) is 17.6 Å². The van der Waals surface area contributed by atoms with E-state index in [1.807, 2.05) is 0 Å². The molecule has 0 amide bonds. The summed E-state index contributed by atoms with van der Waals surface area (Å²) in [7, 11) is -3.39. The van der Waals surface area contributed by atoms with E-state index >= 15 is 0 Å². The first kappa shape index (κ1) is 15.3. The van der Waals surface area contributed by atoms with Crippen LogP contribution in [0.15, 0.2) is 27.6 Å². The van der Waals surface area contributed by atoms with Gasteiger partial charge in [0.15, 0.2) is 0 Å². The molecule has 0 bridgehead atoms. The van der Waals surface area contributed by atoms with E-state index in [0.717, 1.165) is 19.3 Å². The molecule has 0 radical (unpaired) electrons. The molecular formula is C13H17BrClNO2S. The van der Waals surface area contributed by atoms with Crippen molar-refractivity contribution in [2.24, 2.45) is 5.92 Å². The van der Waals surface area contributed by atoms with E-state index in [1.54, 1.807) is 22.5 Å². The van der Waals surface area contributed by atoms with Crippen molar-refractivity contribution in [3.05, 3.63) is 27.7 Å². The van der Waals surface area contributed by atoms with Gasteiger partial charge < -0.3 is 0 Å². The van der Waals surface area contributed by atoms with Crippen LogP contribution >= 0.6 is 27.5 Å². The predicted octanol–water partition coefficient (Wildman–Crippen LogP) is 3.91. The second-order valence-corrected chi connectivity index (χ2v) is 8.03. The SMILES string of the molecule is CCC1CCN(S(=O)(=O)c2ccc(Cl)c(Br)c2)CC1. The van der Waals surface area contributed by atoms with E-state index in [1.165, 1.54) is 0 Å². The lowest BCUT2D eigenvalue weighted by Crippen LogP contribution is -2.38. The molecule has 106 valence electrons. The van der Waals surface area contributed by atoms with Gasteiger partial charge in [0.25, 0.3) is 0 Å². The first-order valence-electron chi connectivity index (χ1n) is 6.40. The summed E-state index contributed by atoms with van der Waals surface area (Å²) in [5.41, 5.74) is 0. The number of hydrogen-bond acceptors (Lipinski definition) is 2. The highest BCUT2D eigenvalue weighted by Gasteiger charge is 2.29. The summed E-state index contributed by atoms with van der Waals surface area (Å²) < 4.78 is 27.2. The Kier molecular flexibility index (Phi) is 4.93. The summed E-state index contributed by atoms with van der Waals surface area (Å²) in [5.74, 6) is 0.656. The second kappa shape index (κ2) is 6.12. The molecule has 0 atom stereocenters. The molecule has 0 N–H and O–H groups in total. The molecule has 1 saturated heterocycles. The molecule has 3 nitrogen and oxygen atoms in total. The smallest absolute Gasteiger partial charge is 0.207 e. The Hall–Kier alpha value is -0.100. The molecule has 2 rings (SSSR count). The van der Waals surface area contributed by atoms with Crippen LogP contribution in [0.25, 0.3) is 0 Å². The monoisotopic (exact) mass is 365 g/mol. The Morgan fingerprint density at radius 2 is 2.00 bits per heavy atom. The van der Waals surface area contributed by atoms with Crippen molar-refractivity contribution in [1.29, 1.82) is 0 Å². The number of sulfonamides is 1. The third kappa shape index (κ3) is 3.32. The largest absolute Gasteiger partial charge is 0.243 e. The predicted molar refractivity (Wildman–Crippen MR) is 80.9 cm³/mol. The highest BCUT2D eigenvalue weighted by Crippen LogP contribution is 2.29. The molecule has 1 heterocycles. The molecule has 0 spiro atoms. The minimum Gasteiger partial charge on any atom is -0.207 e. The first-order chi connectivity index (χ1) is 8.95. The Balaban J connectivity index is 2.21. The minimum absolute atomic E-state index is 0.304. The van der Waals surface area contributed by atoms with Crippen LogP contribution in [0.4, 0.5) is 0 Å². The normalized spacial score (nSPS) is 18.7. The maximum Gasteiger partial charge on any atom is 0.243 e. The van der Waals surface area contributed by atoms with Crippen molar-refractivity contribution in [3.63, 3.8) is 0 Å². The maximum absolute atomic E-state index is 12.5. The highest BCUT2D eigenvalue weighted by molar-refractivity contribution is 9.10. The number of rotatable bonds is 3. The molecule has 1 aromatic carbocycles. The quantitative estimate of drug-likeness (QED) is 0.813. The van der Waals surface area contributed by atoms with E-state index in [9.17, 15) is 8.42 Å². The maximum atomic E-state index is 12.5. The van der Waals surface area contributed by atoms with Gasteiger partial charge in [-0.3, -0.25) is 0 Å². The molecule has 19 heavy (non-hydrogen) atoms. The van der Waals surface area contributed by atoms with E-state index in [0.29, 0.717) is 33.4 Å². The van der Waals surface area contributed by atoms with Gasteiger partial charge in [0.1, 0.15) is 0 Å². The zero-order valence-corrected chi connectivity index (χ0v) is 13.9. The van der Waals surface area contributed by atoms with E-state index in [2.05, 4.69) is 22.9 Å². The van der Waals surface area contributed by atoms with E-state index in [-0.39, 0.29) is 0 Å². The van der Waals surface area contributed by atoms with Crippen molar-refractivity contribution >= 4 is 37.6 Å². The summed E-state index contributed by atoms with van der Waals surface area (Å²) in [4.78, 5) is 0.304. The van der Waals surface area contributed by atoms with Crippen LogP contribution in [0, 0.1) is 5.92 Å². The average Bonchev–Trinajstić information content (AvgIpc) is 2.41. The van der Waals surface area contributed by atoms with Crippen molar-refractivity contribution < 1.29 is 8.42 Å². The van der Waals surface area contributed by atoms with E-state index < -0.39 is 10.0 Å². The number of piperidine rings is 1. The molecule has 1 aliphatic rings. The Morgan fingerprint density at radius 1 is 1.37 bits per heavy atom. The first-order valence-corrected chi connectivity index (χ1v) is 9.01. The van der Waals surface area contributed by atoms with E-state index in [4.69, 9.17) is 11.6 Å². The minimum atomic E-state index is -3.39. The standard InChI is InChI=1S/C13H17BrClNO2S/c1-2-10-5-7-16(8-6-10)19(17,18)11-3-4-13(15)12(14)9-11/h3-4,9-10H,2,5-8H2,1H3. The number of hydrogen-bond donors (Lipinski definition) is 0. The van der Waals surface area contributed by atoms with Gasteiger partial charge >= 0.3 is 0 Å². The second-order valence-electron chi connectivity index (χ2n) is 4.83. The van der Waals surface area contributed by atoms with Crippen LogP contribution in [-0.4, -0.2) is 25.8 Å². The van der Waals surface area contributed by atoms with Crippen LogP contribution in [0.1, 0.15) is 26.2 Å². The topological polar surface area (TPSA) is 37.4 Å². The summed E-state index contributed by atoms with van der Waals surface area (Å²) in [6.45, 7) is 3.38. The van der Waals surface area contributed by atoms with Crippen LogP contribution < -0.4 is 0 Å². The number of halogens is 2. The fraction of sp³-hybridized carbons (Fsp3) is 0.538. The van der Waals surface area contributed by atoms with Crippen LogP contribution in [0.3, 0.4) is 0 Å². The summed E-state index contributed by atoms with van der Waals surface area (Å²) in [5, 5.41) is 0.517. The lowest BCUT2D eigenvalue weighted by molar-refractivity contribution is 0.269. The van der Waals surface area contributed by atoms with Gasteiger partial charge in [-0.15, -0.1) is 0 Å². The molecule has 0 aromatic heterocycles. The van der Waals surface area contributed by atoms with Gasteiger partial charge in [-0.1, -0.05) is 24.9 Å². The van der Waals surface area contributed by atoms with Gasteiger partial charge in [0.2, 0.25) is 10.0 Å². The fourth-order valence-electron chi connectivity index (χ4n) is 2.34. The van der Waals surface area contributed by atoms with Gasteiger partial charge in [0.05, 0.1) is 9.92 Å². The molecular weight excluding hydrogens is 350 g/mol. The van der Waals surface area contributed by atoms with Crippen molar-refractivity contribution in [2.75, 3.05) is 13.1 Å². The van der Waals surface area contributed by atoms with Gasteiger partial charge in [-0.25, -0.2) is 8.42 Å². The third-order valence-corrected chi connectivity index (χ3v) is 6.79. The van der Waals surface area contributed by atoms with Crippen LogP contribution in [-0.2, 0) is 10.0 Å². The Morgan fingerprint density at radius 3 is 2.53 bits per heavy atom. The average molecular weight is 367 g/mol. The molecule has 6 heteroatoms. The fourth-order valence-corrected chi connectivity index (χ4v) is 4.49. The summed E-state index contributed by atoms with van der Waals surface area (Å²) in [6.07, 6.45) is 3.02. The van der Waals surface area contributed by atoms with Gasteiger partial charge in [-0.05, 0) is 52.9 Å². The summed E-state index contributed by atoms with van der Waals surface area (Å²) in [6, 6.07) is 4.75. The molecule has 1 aliphatic heterocycles. The zero-order chi connectivity index (χ0) is 14.0. The van der Waals surface area contributed by atoms with Crippen molar-refractivity contribution in [3.8, 4) is 0 Å². The molecule has 0 aliphatic carbocycles. The third-order valence-electron chi connectivity index (χ3n) is 3.68. The lowest BCUT2D eigenvalue weighted by Gasteiger charge is -2.30. The summed E-state index contributed by atoms with van der Waals surface area (Å²) >= 11 is 9.17. The van der Waals surface area contributed by atoms with Crippen LogP contribution in [0.5, 0.6) is 0 Å². The lowest BCUT2D eigenvalue weighted by atomic mass is 9.96. The van der Waals surface area contributed by atoms with Crippen molar-refractivity contribution in [2.45, 2.75) is 31.1 Å². The molecule has 0 saturated carbocycles. The Bertz CT molecular complexity index is 554. The Labute approximate surface area is 128 Å². The molecule has 1 aromatic rings. The molecule has 0 unspecified atom stereocenters. The van der Waals surface area contributed by atoms with Crippen molar-refractivity contribution in [1.82, 2.24) is 4.31 Å².